The molecule has 0 atom stereocenters. The lowest BCUT2D eigenvalue weighted by Crippen LogP contribution is -2.59. The van der Waals surface area contributed by atoms with Crippen molar-refractivity contribution in [2.24, 2.45) is 0 Å². The van der Waals surface area contributed by atoms with Crippen molar-refractivity contribution in [3.8, 4) is 0 Å². The molecule has 6 nitrogen and oxygen atoms in total. The average Bonchev–Trinajstić information content (AvgIpc) is 2.10. The van der Waals surface area contributed by atoms with Crippen molar-refractivity contribution >= 4 is 23.5 Å². The first-order valence-electron chi connectivity index (χ1n) is 4.38. The van der Waals surface area contributed by atoms with E-state index in [1.807, 2.05) is 4.90 Å². The van der Waals surface area contributed by atoms with Crippen molar-refractivity contribution in [1.82, 2.24) is 15.3 Å². The van der Waals surface area contributed by atoms with E-state index in [0.29, 0.717) is 13.1 Å². The molecule has 1 aromatic rings. The standard InChI is InChI=1S/C8H9ClN4O2/c9-7-10-2-1-6(12-7)13-3-5(4-13)11-8(14)15/h1-2,5,11H,3-4H2,(H,14,15). The normalized spacial score (nSPS) is 15.9. The number of rotatable bonds is 2. The van der Waals surface area contributed by atoms with Crippen LogP contribution in [0.5, 0.6) is 0 Å². The maximum absolute atomic E-state index is 10.3. The van der Waals surface area contributed by atoms with E-state index >= 15 is 0 Å². The van der Waals surface area contributed by atoms with Gasteiger partial charge in [-0.25, -0.2) is 14.8 Å². The van der Waals surface area contributed by atoms with E-state index in [-0.39, 0.29) is 11.3 Å². The average molecular weight is 229 g/mol. The minimum absolute atomic E-state index is 0.0313. The molecule has 15 heavy (non-hydrogen) atoms. The summed E-state index contributed by atoms with van der Waals surface area (Å²) in [7, 11) is 0. The fourth-order valence-electron chi connectivity index (χ4n) is 1.43. The van der Waals surface area contributed by atoms with Crippen LogP contribution in [0.2, 0.25) is 5.28 Å². The van der Waals surface area contributed by atoms with E-state index < -0.39 is 6.09 Å². The monoisotopic (exact) mass is 228 g/mol. The third kappa shape index (κ3) is 2.27. The van der Waals surface area contributed by atoms with Crippen LogP contribution in [0.15, 0.2) is 12.3 Å². The van der Waals surface area contributed by atoms with E-state index in [2.05, 4.69) is 15.3 Å². The molecular formula is C8H9ClN4O2. The minimum atomic E-state index is -1.000. The van der Waals surface area contributed by atoms with Crippen LogP contribution in [-0.4, -0.2) is 40.3 Å². The first-order valence-corrected chi connectivity index (χ1v) is 4.76. The van der Waals surface area contributed by atoms with E-state index in [1.165, 1.54) is 0 Å². The molecule has 0 spiro atoms. The van der Waals surface area contributed by atoms with Gasteiger partial charge in [0.15, 0.2) is 0 Å². The third-order valence-electron chi connectivity index (χ3n) is 2.14. The molecule has 1 aliphatic heterocycles. The van der Waals surface area contributed by atoms with Gasteiger partial charge in [-0.3, -0.25) is 0 Å². The van der Waals surface area contributed by atoms with Gasteiger partial charge in [-0.2, -0.15) is 0 Å². The molecule has 2 rings (SSSR count). The summed E-state index contributed by atoms with van der Waals surface area (Å²) in [6.07, 6.45) is 0.572. The molecule has 7 heteroatoms. The predicted molar refractivity (Wildman–Crippen MR) is 54.2 cm³/mol. The van der Waals surface area contributed by atoms with Crippen LogP contribution < -0.4 is 10.2 Å². The molecule has 80 valence electrons. The van der Waals surface area contributed by atoms with Gasteiger partial charge in [0.25, 0.3) is 0 Å². The summed E-state index contributed by atoms with van der Waals surface area (Å²) in [5.74, 6) is 0.721. The predicted octanol–water partition coefficient (Wildman–Crippen LogP) is 0.586. The summed E-state index contributed by atoms with van der Waals surface area (Å²) in [6.45, 7) is 1.22. The molecular weight excluding hydrogens is 220 g/mol. The summed E-state index contributed by atoms with van der Waals surface area (Å²) in [4.78, 5) is 20.0. The van der Waals surface area contributed by atoms with Crippen LogP contribution in [0.4, 0.5) is 10.6 Å². The van der Waals surface area contributed by atoms with E-state index in [0.717, 1.165) is 5.82 Å². The van der Waals surface area contributed by atoms with Gasteiger partial charge in [-0.05, 0) is 17.7 Å². The number of amides is 1. The molecule has 0 aliphatic carbocycles. The highest BCUT2D eigenvalue weighted by Crippen LogP contribution is 2.18. The number of nitrogens with one attached hydrogen (secondary N) is 1. The quantitative estimate of drug-likeness (QED) is 0.725. The van der Waals surface area contributed by atoms with Crippen molar-refractivity contribution in [3.63, 3.8) is 0 Å². The van der Waals surface area contributed by atoms with E-state index in [4.69, 9.17) is 16.7 Å². The van der Waals surface area contributed by atoms with Gasteiger partial charge in [-0.15, -0.1) is 0 Å². The first-order chi connectivity index (χ1) is 7.15. The molecule has 1 aromatic heterocycles. The fourth-order valence-corrected chi connectivity index (χ4v) is 1.58. The maximum atomic E-state index is 10.3. The zero-order valence-electron chi connectivity index (χ0n) is 7.72. The second-order valence-electron chi connectivity index (χ2n) is 3.24. The lowest BCUT2D eigenvalue weighted by molar-refractivity contribution is 0.187. The summed E-state index contributed by atoms with van der Waals surface area (Å²) >= 11 is 5.63. The summed E-state index contributed by atoms with van der Waals surface area (Å²) < 4.78 is 0. The number of hydrogen-bond acceptors (Lipinski definition) is 4. The van der Waals surface area contributed by atoms with Crippen LogP contribution in [0.1, 0.15) is 0 Å². The Morgan fingerprint density at radius 2 is 2.40 bits per heavy atom. The van der Waals surface area contributed by atoms with Gasteiger partial charge in [0.2, 0.25) is 5.28 Å². The van der Waals surface area contributed by atoms with Crippen molar-refractivity contribution < 1.29 is 9.90 Å². The number of carboxylic acid groups (broad SMARTS) is 1. The summed E-state index contributed by atoms with van der Waals surface area (Å²) in [5, 5.41) is 11.1. The Morgan fingerprint density at radius 3 is 3.00 bits per heavy atom. The molecule has 1 saturated heterocycles. The van der Waals surface area contributed by atoms with Gasteiger partial charge in [0.05, 0.1) is 6.04 Å². The highest BCUT2D eigenvalue weighted by atomic mass is 35.5. The van der Waals surface area contributed by atoms with Gasteiger partial charge in [0.1, 0.15) is 5.82 Å². The van der Waals surface area contributed by atoms with Crippen molar-refractivity contribution in [2.45, 2.75) is 6.04 Å². The molecule has 1 aliphatic rings. The summed E-state index contributed by atoms with van der Waals surface area (Å²) in [6, 6.07) is 1.71. The molecule has 0 aromatic carbocycles. The molecule has 1 amide bonds. The number of carbonyl (C=O) groups is 1. The van der Waals surface area contributed by atoms with E-state index in [9.17, 15) is 4.79 Å². The minimum Gasteiger partial charge on any atom is -0.465 e. The smallest absolute Gasteiger partial charge is 0.405 e. The van der Waals surface area contributed by atoms with Crippen LogP contribution in [0.25, 0.3) is 0 Å². The Labute approximate surface area is 90.9 Å². The van der Waals surface area contributed by atoms with Crippen LogP contribution in [0, 0.1) is 0 Å². The van der Waals surface area contributed by atoms with Crippen LogP contribution in [-0.2, 0) is 0 Å². The maximum Gasteiger partial charge on any atom is 0.405 e. The largest absolute Gasteiger partial charge is 0.465 e. The number of aromatic nitrogens is 2. The molecule has 2 N–H and O–H groups in total. The molecule has 2 heterocycles. The second-order valence-corrected chi connectivity index (χ2v) is 3.57. The Kier molecular flexibility index (Phi) is 2.59. The highest BCUT2D eigenvalue weighted by molar-refractivity contribution is 6.28. The van der Waals surface area contributed by atoms with Gasteiger partial charge in [0, 0.05) is 19.3 Å². The number of hydrogen-bond donors (Lipinski definition) is 2. The van der Waals surface area contributed by atoms with Crippen molar-refractivity contribution in [1.29, 1.82) is 0 Å². The summed E-state index contributed by atoms with van der Waals surface area (Å²) in [5.41, 5.74) is 0. The first kappa shape index (κ1) is 9.97. The van der Waals surface area contributed by atoms with Crippen LogP contribution >= 0.6 is 11.6 Å². The number of anilines is 1. The van der Waals surface area contributed by atoms with Gasteiger partial charge >= 0.3 is 6.09 Å². The zero-order valence-corrected chi connectivity index (χ0v) is 8.48. The lowest BCUT2D eigenvalue weighted by Gasteiger charge is -2.39. The zero-order chi connectivity index (χ0) is 10.8. The molecule has 1 fully saturated rings. The highest BCUT2D eigenvalue weighted by Gasteiger charge is 2.28. The topological polar surface area (TPSA) is 78.4 Å². The van der Waals surface area contributed by atoms with Crippen LogP contribution in [0.3, 0.4) is 0 Å². The van der Waals surface area contributed by atoms with Crippen molar-refractivity contribution in [3.05, 3.63) is 17.5 Å². The lowest BCUT2D eigenvalue weighted by atomic mass is 10.1. The molecule has 0 unspecified atom stereocenters. The van der Waals surface area contributed by atoms with Crippen molar-refractivity contribution in [2.75, 3.05) is 18.0 Å². The molecule has 0 saturated carbocycles. The van der Waals surface area contributed by atoms with E-state index in [1.54, 1.807) is 12.3 Å². The Balaban J connectivity index is 1.92. The number of nitrogens with zero attached hydrogens (tertiary/aromatic N) is 3. The van der Waals surface area contributed by atoms with Gasteiger partial charge in [-0.1, -0.05) is 0 Å². The van der Waals surface area contributed by atoms with Gasteiger partial charge < -0.3 is 15.3 Å². The Hall–Kier alpha value is -1.56. The fraction of sp³-hybridized carbons (Fsp3) is 0.375. The SMILES string of the molecule is O=C(O)NC1CN(c2ccnc(Cl)n2)C1. The second kappa shape index (κ2) is 3.90. The molecule has 0 radical (unpaired) electrons. The Bertz CT molecular complexity index is 381. The third-order valence-corrected chi connectivity index (χ3v) is 2.33. The Morgan fingerprint density at radius 1 is 1.67 bits per heavy atom. The molecule has 0 bridgehead atoms. The number of halogens is 1.